The van der Waals surface area contributed by atoms with Crippen molar-refractivity contribution in [1.29, 1.82) is 0 Å². The first-order valence-electron chi connectivity index (χ1n) is 5.11. The van der Waals surface area contributed by atoms with Crippen LogP contribution in [0.5, 0.6) is 0 Å². The van der Waals surface area contributed by atoms with Crippen molar-refractivity contribution in [2.45, 2.75) is 18.3 Å². The third-order valence-electron chi connectivity index (χ3n) is 3.11. The first kappa shape index (κ1) is 10.1. The van der Waals surface area contributed by atoms with Crippen LogP contribution in [-0.4, -0.2) is 11.5 Å². The Morgan fingerprint density at radius 1 is 1.50 bits per heavy atom. The highest BCUT2D eigenvalue weighted by Gasteiger charge is 2.47. The van der Waals surface area contributed by atoms with Gasteiger partial charge in [-0.15, -0.1) is 0 Å². The SMILES string of the molecule is NCC1(c2nc3cc(F)cc(Cl)c3o2)CC1. The smallest absolute Gasteiger partial charge is 0.203 e. The lowest BCUT2D eigenvalue weighted by molar-refractivity contribution is 0.462. The molecule has 0 aliphatic heterocycles. The molecule has 3 rings (SSSR count). The van der Waals surface area contributed by atoms with Gasteiger partial charge < -0.3 is 10.2 Å². The van der Waals surface area contributed by atoms with E-state index in [0.29, 0.717) is 23.5 Å². The number of halogens is 2. The lowest BCUT2D eigenvalue weighted by atomic mass is 10.1. The molecule has 0 bridgehead atoms. The highest BCUT2D eigenvalue weighted by atomic mass is 35.5. The van der Waals surface area contributed by atoms with E-state index < -0.39 is 5.82 Å². The summed E-state index contributed by atoms with van der Waals surface area (Å²) in [6.07, 6.45) is 1.94. The van der Waals surface area contributed by atoms with Crippen LogP contribution < -0.4 is 5.73 Å². The Hall–Kier alpha value is -1.13. The number of hydrogen-bond donors (Lipinski definition) is 1. The molecule has 1 fully saturated rings. The predicted molar refractivity (Wildman–Crippen MR) is 58.9 cm³/mol. The Morgan fingerprint density at radius 2 is 2.25 bits per heavy atom. The van der Waals surface area contributed by atoms with E-state index in [0.717, 1.165) is 12.8 Å². The molecule has 0 amide bonds. The molecule has 0 spiro atoms. The molecule has 1 saturated carbocycles. The van der Waals surface area contributed by atoms with Gasteiger partial charge in [0.25, 0.3) is 0 Å². The minimum atomic E-state index is -0.407. The zero-order chi connectivity index (χ0) is 11.3. The van der Waals surface area contributed by atoms with Crippen LogP contribution in [0.2, 0.25) is 5.02 Å². The molecule has 0 unspecified atom stereocenters. The largest absolute Gasteiger partial charge is 0.438 e. The van der Waals surface area contributed by atoms with Crippen LogP contribution in [0.3, 0.4) is 0 Å². The second-order valence-electron chi connectivity index (χ2n) is 4.24. The van der Waals surface area contributed by atoms with E-state index in [1.807, 2.05) is 0 Å². The van der Waals surface area contributed by atoms with Crippen LogP contribution in [0.15, 0.2) is 16.5 Å². The molecule has 3 nitrogen and oxygen atoms in total. The number of hydrogen-bond acceptors (Lipinski definition) is 3. The first-order valence-corrected chi connectivity index (χ1v) is 5.48. The Morgan fingerprint density at radius 3 is 2.88 bits per heavy atom. The lowest BCUT2D eigenvalue weighted by Crippen LogP contribution is -2.19. The van der Waals surface area contributed by atoms with Gasteiger partial charge in [0.15, 0.2) is 5.58 Å². The topological polar surface area (TPSA) is 52.0 Å². The number of rotatable bonds is 2. The van der Waals surface area contributed by atoms with Crippen molar-refractivity contribution in [3.8, 4) is 0 Å². The number of nitrogens with zero attached hydrogens (tertiary/aromatic N) is 1. The summed E-state index contributed by atoms with van der Waals surface area (Å²) in [7, 11) is 0. The second kappa shape index (κ2) is 3.18. The lowest BCUT2D eigenvalue weighted by Gasteiger charge is -2.04. The van der Waals surface area contributed by atoms with E-state index in [4.69, 9.17) is 21.8 Å². The first-order chi connectivity index (χ1) is 7.64. The Kier molecular flexibility index (Phi) is 2.00. The third-order valence-corrected chi connectivity index (χ3v) is 3.39. The quantitative estimate of drug-likeness (QED) is 0.878. The van der Waals surface area contributed by atoms with Gasteiger partial charge in [-0.1, -0.05) is 11.6 Å². The van der Waals surface area contributed by atoms with Gasteiger partial charge in [-0.2, -0.15) is 0 Å². The summed E-state index contributed by atoms with van der Waals surface area (Å²) in [6, 6.07) is 2.54. The van der Waals surface area contributed by atoms with Crippen LogP contribution in [0.4, 0.5) is 4.39 Å². The Balaban J connectivity index is 2.20. The van der Waals surface area contributed by atoms with Gasteiger partial charge in [-0.05, 0) is 18.9 Å². The van der Waals surface area contributed by atoms with Crippen molar-refractivity contribution in [1.82, 2.24) is 4.98 Å². The van der Waals surface area contributed by atoms with Crippen molar-refractivity contribution in [2.75, 3.05) is 6.54 Å². The highest BCUT2D eigenvalue weighted by molar-refractivity contribution is 6.34. The predicted octanol–water partition coefficient (Wildman–Crippen LogP) is 2.61. The molecule has 1 aromatic heterocycles. The summed E-state index contributed by atoms with van der Waals surface area (Å²) in [4.78, 5) is 4.27. The number of fused-ring (bicyclic) bond motifs is 1. The maximum absolute atomic E-state index is 13.1. The summed E-state index contributed by atoms with van der Waals surface area (Å²) in [5.41, 5.74) is 6.44. The van der Waals surface area contributed by atoms with Gasteiger partial charge in [-0.25, -0.2) is 9.37 Å². The van der Waals surface area contributed by atoms with E-state index in [2.05, 4.69) is 4.98 Å². The molecule has 1 aromatic carbocycles. The molecule has 0 atom stereocenters. The fourth-order valence-corrected chi connectivity index (χ4v) is 2.08. The maximum Gasteiger partial charge on any atom is 0.203 e. The average Bonchev–Trinajstić information content (AvgIpc) is 2.93. The van der Waals surface area contributed by atoms with Crippen molar-refractivity contribution < 1.29 is 8.81 Å². The van der Waals surface area contributed by atoms with E-state index in [1.165, 1.54) is 12.1 Å². The fraction of sp³-hybridized carbons (Fsp3) is 0.364. The van der Waals surface area contributed by atoms with Crippen molar-refractivity contribution in [3.63, 3.8) is 0 Å². The minimum Gasteiger partial charge on any atom is -0.438 e. The molecule has 2 aromatic rings. The molecule has 1 heterocycles. The van der Waals surface area contributed by atoms with Crippen LogP contribution in [-0.2, 0) is 5.41 Å². The summed E-state index contributed by atoms with van der Waals surface area (Å²) in [5, 5.41) is 0.251. The summed E-state index contributed by atoms with van der Waals surface area (Å²) in [6.45, 7) is 0.500. The molecular weight excluding hydrogens is 231 g/mol. The van der Waals surface area contributed by atoms with Gasteiger partial charge in [-0.3, -0.25) is 0 Å². The minimum absolute atomic E-state index is 0.140. The zero-order valence-corrected chi connectivity index (χ0v) is 9.22. The molecule has 2 N–H and O–H groups in total. The molecule has 1 aliphatic rings. The van der Waals surface area contributed by atoms with Gasteiger partial charge in [0.1, 0.15) is 11.3 Å². The van der Waals surface area contributed by atoms with E-state index >= 15 is 0 Å². The molecule has 1 aliphatic carbocycles. The number of aromatic nitrogens is 1. The van der Waals surface area contributed by atoms with Crippen molar-refractivity contribution >= 4 is 22.7 Å². The number of benzene rings is 1. The van der Waals surface area contributed by atoms with Crippen LogP contribution in [0, 0.1) is 5.82 Å². The second-order valence-corrected chi connectivity index (χ2v) is 4.65. The normalized spacial score (nSPS) is 17.9. The molecule has 0 saturated heterocycles. The van der Waals surface area contributed by atoms with Gasteiger partial charge in [0.05, 0.1) is 10.4 Å². The van der Waals surface area contributed by atoms with Gasteiger partial charge >= 0.3 is 0 Å². The molecule has 0 radical (unpaired) electrons. The maximum atomic E-state index is 13.1. The summed E-state index contributed by atoms with van der Waals surface area (Å²) < 4.78 is 18.7. The molecule has 84 valence electrons. The highest BCUT2D eigenvalue weighted by Crippen LogP contribution is 2.47. The van der Waals surface area contributed by atoms with E-state index in [1.54, 1.807) is 0 Å². The summed E-state index contributed by atoms with van der Waals surface area (Å²) >= 11 is 5.88. The van der Waals surface area contributed by atoms with Gasteiger partial charge in [0, 0.05) is 12.6 Å². The third kappa shape index (κ3) is 1.33. The Labute approximate surface area is 96.4 Å². The summed E-state index contributed by atoms with van der Waals surface area (Å²) in [5.74, 6) is 0.174. The van der Waals surface area contributed by atoms with Gasteiger partial charge in [0.2, 0.25) is 5.89 Å². The van der Waals surface area contributed by atoms with E-state index in [-0.39, 0.29) is 10.4 Å². The standard InChI is InChI=1S/C11H10ClFN2O/c12-7-3-6(13)4-8-9(7)16-10(15-8)11(5-14)1-2-11/h3-4H,1-2,5,14H2. The number of nitrogens with two attached hydrogens (primary N) is 1. The zero-order valence-electron chi connectivity index (χ0n) is 8.46. The molecule has 16 heavy (non-hydrogen) atoms. The van der Waals surface area contributed by atoms with Crippen LogP contribution >= 0.6 is 11.6 Å². The average molecular weight is 241 g/mol. The van der Waals surface area contributed by atoms with Crippen LogP contribution in [0.1, 0.15) is 18.7 Å². The Bertz CT molecular complexity index is 562. The molecule has 5 heteroatoms. The van der Waals surface area contributed by atoms with Crippen LogP contribution in [0.25, 0.3) is 11.1 Å². The molecular formula is C11H10ClFN2O. The number of oxazole rings is 1. The van der Waals surface area contributed by atoms with Crippen molar-refractivity contribution in [2.24, 2.45) is 5.73 Å². The van der Waals surface area contributed by atoms with Crippen molar-refractivity contribution in [3.05, 3.63) is 28.9 Å². The van der Waals surface area contributed by atoms with E-state index in [9.17, 15) is 4.39 Å². The fourth-order valence-electron chi connectivity index (χ4n) is 1.84. The monoisotopic (exact) mass is 240 g/mol.